The third-order valence-electron chi connectivity index (χ3n) is 2.06. The first-order chi connectivity index (χ1) is 6.23. The maximum atomic E-state index is 10.1. The number of aliphatic hydroxyl groups is 1. The molecule has 0 amide bonds. The van der Waals surface area contributed by atoms with Crippen LogP contribution < -0.4 is 0 Å². The predicted octanol–water partition coefficient (Wildman–Crippen LogP) is 2.76. The van der Waals surface area contributed by atoms with Crippen LogP contribution in [0, 0.1) is 12.3 Å². The van der Waals surface area contributed by atoms with Gasteiger partial charge in [-0.3, -0.25) is 0 Å². The predicted molar refractivity (Wildman–Crippen MR) is 56.6 cm³/mol. The van der Waals surface area contributed by atoms with Crippen molar-refractivity contribution in [1.29, 1.82) is 0 Å². The highest BCUT2D eigenvalue weighted by molar-refractivity contribution is 7.10. The van der Waals surface area contributed by atoms with E-state index in [0.29, 0.717) is 6.42 Å². The average Bonchev–Trinajstić information content (AvgIpc) is 2.67. The normalized spacial score (nSPS) is 14.8. The summed E-state index contributed by atoms with van der Waals surface area (Å²) >= 11 is 1.51. The van der Waals surface area contributed by atoms with Gasteiger partial charge < -0.3 is 5.11 Å². The largest absolute Gasteiger partial charge is 0.373 e. The molecule has 0 aliphatic rings. The third kappa shape index (κ3) is 2.33. The van der Waals surface area contributed by atoms with E-state index in [1.807, 2.05) is 17.5 Å². The Balaban J connectivity index is 2.77. The van der Waals surface area contributed by atoms with Gasteiger partial charge in [-0.2, -0.15) is 0 Å². The molecule has 1 heterocycles. The summed E-state index contributed by atoms with van der Waals surface area (Å²) in [7, 11) is 0. The van der Waals surface area contributed by atoms with Gasteiger partial charge in [-0.1, -0.05) is 25.3 Å². The van der Waals surface area contributed by atoms with Crippen molar-refractivity contribution in [3.63, 3.8) is 0 Å². The van der Waals surface area contributed by atoms with Crippen LogP contribution in [0.15, 0.2) is 17.5 Å². The van der Waals surface area contributed by atoms with E-state index < -0.39 is 5.60 Å². The molecule has 1 rings (SSSR count). The first-order valence-electron chi connectivity index (χ1n) is 4.47. The van der Waals surface area contributed by atoms with Crippen LogP contribution in [0.4, 0.5) is 0 Å². The summed E-state index contributed by atoms with van der Waals surface area (Å²) in [5.74, 6) is 2.48. The summed E-state index contributed by atoms with van der Waals surface area (Å²) in [4.78, 5) is 0.878. The van der Waals surface area contributed by atoms with Gasteiger partial charge in [0.1, 0.15) is 0 Å². The molecule has 0 saturated carbocycles. The van der Waals surface area contributed by atoms with Crippen LogP contribution in [0.5, 0.6) is 0 Å². The van der Waals surface area contributed by atoms with Crippen LogP contribution in [-0.2, 0) is 5.60 Å². The molecule has 1 aromatic rings. The number of rotatable bonds is 4. The minimum atomic E-state index is -1.04. The molecule has 1 unspecified atom stereocenters. The average molecular weight is 194 g/mol. The summed E-state index contributed by atoms with van der Waals surface area (Å²) in [5.41, 5.74) is -1.04. The molecule has 2 heteroatoms. The van der Waals surface area contributed by atoms with Crippen molar-refractivity contribution in [2.75, 3.05) is 0 Å². The lowest BCUT2D eigenvalue weighted by molar-refractivity contribution is 0.0916. The topological polar surface area (TPSA) is 20.2 Å². The summed E-state index contributed by atoms with van der Waals surface area (Å²) in [6, 6.07) is 3.80. The van der Waals surface area contributed by atoms with E-state index in [4.69, 9.17) is 6.42 Å². The minimum Gasteiger partial charge on any atom is -0.373 e. The second kappa shape index (κ2) is 4.45. The van der Waals surface area contributed by atoms with Crippen molar-refractivity contribution in [1.82, 2.24) is 0 Å². The summed E-state index contributed by atoms with van der Waals surface area (Å²) in [6.07, 6.45) is 8.01. The maximum absolute atomic E-state index is 10.1. The molecular weight excluding hydrogens is 180 g/mol. The van der Waals surface area contributed by atoms with Gasteiger partial charge in [-0.25, -0.2) is 0 Å². The molecule has 1 N–H and O–H groups in total. The fraction of sp³-hybridized carbons (Fsp3) is 0.455. The Kier molecular flexibility index (Phi) is 3.53. The van der Waals surface area contributed by atoms with E-state index in [1.165, 1.54) is 11.3 Å². The Labute approximate surface area is 83.4 Å². The fourth-order valence-electron chi connectivity index (χ4n) is 1.21. The molecular formula is C11H14OS. The Morgan fingerprint density at radius 3 is 2.92 bits per heavy atom. The van der Waals surface area contributed by atoms with E-state index in [0.717, 1.165) is 17.7 Å². The monoisotopic (exact) mass is 194 g/mol. The Bertz CT molecular complexity index is 284. The lowest BCUT2D eigenvalue weighted by atomic mass is 9.96. The number of hydrogen-bond donors (Lipinski definition) is 1. The molecule has 0 spiro atoms. The molecule has 0 aliphatic heterocycles. The Hall–Kier alpha value is -0.780. The van der Waals surface area contributed by atoms with Gasteiger partial charge in [-0.05, 0) is 24.3 Å². The number of terminal acetylenes is 1. The van der Waals surface area contributed by atoms with Crippen LogP contribution in [0.1, 0.15) is 31.1 Å². The van der Waals surface area contributed by atoms with Crippen molar-refractivity contribution < 1.29 is 5.11 Å². The zero-order chi connectivity index (χ0) is 9.73. The number of unbranched alkanes of at least 4 members (excludes halogenated alkanes) is 1. The highest BCUT2D eigenvalue weighted by atomic mass is 32.1. The SMILES string of the molecule is C#CC(O)(CCCC)c1cccs1. The molecule has 0 bridgehead atoms. The van der Waals surface area contributed by atoms with Crippen molar-refractivity contribution in [2.24, 2.45) is 0 Å². The van der Waals surface area contributed by atoms with Crippen molar-refractivity contribution in [3.05, 3.63) is 22.4 Å². The van der Waals surface area contributed by atoms with E-state index in [1.54, 1.807) is 0 Å². The highest BCUT2D eigenvalue weighted by Crippen LogP contribution is 2.29. The second-order valence-electron chi connectivity index (χ2n) is 3.09. The van der Waals surface area contributed by atoms with Crippen LogP contribution >= 0.6 is 11.3 Å². The molecule has 0 fully saturated rings. The fourth-order valence-corrected chi connectivity index (χ4v) is 2.03. The van der Waals surface area contributed by atoms with E-state index in [-0.39, 0.29) is 0 Å². The summed E-state index contributed by atoms with van der Waals surface area (Å²) < 4.78 is 0. The van der Waals surface area contributed by atoms with E-state index in [9.17, 15) is 5.11 Å². The molecule has 13 heavy (non-hydrogen) atoms. The molecule has 0 saturated heterocycles. The van der Waals surface area contributed by atoms with Crippen molar-refractivity contribution in [2.45, 2.75) is 31.8 Å². The van der Waals surface area contributed by atoms with Crippen molar-refractivity contribution >= 4 is 11.3 Å². The lowest BCUT2D eigenvalue weighted by Crippen LogP contribution is -2.21. The maximum Gasteiger partial charge on any atom is 0.159 e. The zero-order valence-electron chi connectivity index (χ0n) is 7.79. The van der Waals surface area contributed by atoms with Crippen LogP contribution in [-0.4, -0.2) is 5.11 Å². The summed E-state index contributed by atoms with van der Waals surface area (Å²) in [5, 5.41) is 12.0. The smallest absolute Gasteiger partial charge is 0.159 e. The molecule has 1 atom stereocenters. The molecule has 0 aromatic carbocycles. The molecule has 1 nitrogen and oxygen atoms in total. The lowest BCUT2D eigenvalue weighted by Gasteiger charge is -2.20. The Morgan fingerprint density at radius 1 is 1.69 bits per heavy atom. The van der Waals surface area contributed by atoms with Crippen molar-refractivity contribution in [3.8, 4) is 12.3 Å². The molecule has 70 valence electrons. The minimum absolute atomic E-state index is 0.653. The zero-order valence-corrected chi connectivity index (χ0v) is 8.60. The molecule has 1 aromatic heterocycles. The van der Waals surface area contributed by atoms with Crippen LogP contribution in [0.3, 0.4) is 0 Å². The molecule has 0 aliphatic carbocycles. The summed E-state index contributed by atoms with van der Waals surface area (Å²) in [6.45, 7) is 2.09. The highest BCUT2D eigenvalue weighted by Gasteiger charge is 2.26. The number of thiophene rings is 1. The quantitative estimate of drug-likeness (QED) is 0.731. The van der Waals surface area contributed by atoms with Gasteiger partial charge in [0.25, 0.3) is 0 Å². The van der Waals surface area contributed by atoms with Gasteiger partial charge in [0, 0.05) is 4.88 Å². The van der Waals surface area contributed by atoms with Gasteiger partial charge in [0.15, 0.2) is 5.60 Å². The first-order valence-corrected chi connectivity index (χ1v) is 5.35. The second-order valence-corrected chi connectivity index (χ2v) is 4.03. The van der Waals surface area contributed by atoms with Gasteiger partial charge >= 0.3 is 0 Å². The number of hydrogen-bond acceptors (Lipinski definition) is 2. The van der Waals surface area contributed by atoms with Gasteiger partial charge in [-0.15, -0.1) is 17.8 Å². The van der Waals surface area contributed by atoms with Crippen LogP contribution in [0.2, 0.25) is 0 Å². The van der Waals surface area contributed by atoms with Crippen LogP contribution in [0.25, 0.3) is 0 Å². The third-order valence-corrected chi connectivity index (χ3v) is 3.08. The van der Waals surface area contributed by atoms with E-state index in [2.05, 4.69) is 12.8 Å². The standard InChI is InChI=1S/C11H14OS/c1-3-5-8-11(12,4-2)10-7-6-9-13-10/h2,6-7,9,12H,3,5,8H2,1H3. The van der Waals surface area contributed by atoms with Gasteiger partial charge in [0.2, 0.25) is 0 Å². The Morgan fingerprint density at radius 2 is 2.46 bits per heavy atom. The molecule has 0 radical (unpaired) electrons. The first kappa shape index (κ1) is 10.3. The van der Waals surface area contributed by atoms with E-state index >= 15 is 0 Å². The van der Waals surface area contributed by atoms with Gasteiger partial charge in [0.05, 0.1) is 0 Å².